The van der Waals surface area contributed by atoms with E-state index in [0.29, 0.717) is 54.6 Å². The van der Waals surface area contributed by atoms with Crippen molar-refractivity contribution >= 4 is 40.0 Å². The third-order valence-electron chi connectivity index (χ3n) is 5.29. The number of carboxylic acid groups (broad SMARTS) is 1. The van der Waals surface area contributed by atoms with Gasteiger partial charge in [0.2, 0.25) is 5.88 Å². The molecule has 3 N–H and O–H groups in total. The lowest BCUT2D eigenvalue weighted by atomic mass is 10.1. The molecule has 1 atom stereocenters. The highest BCUT2D eigenvalue weighted by molar-refractivity contribution is 7.10. The Hall–Kier alpha value is -4.01. The first kappa shape index (κ1) is 25.1. The number of likely N-dealkylation sites (tertiary alicyclic amines) is 1. The van der Waals surface area contributed by atoms with Crippen LogP contribution in [-0.2, 0) is 6.18 Å². The van der Waals surface area contributed by atoms with E-state index in [1.54, 1.807) is 19.1 Å². The van der Waals surface area contributed by atoms with E-state index in [4.69, 9.17) is 9.84 Å². The summed E-state index contributed by atoms with van der Waals surface area (Å²) < 4.78 is 47.8. The van der Waals surface area contributed by atoms with E-state index in [2.05, 4.69) is 30.0 Å². The lowest BCUT2D eigenvalue weighted by molar-refractivity contribution is -0.141. The van der Waals surface area contributed by atoms with Crippen LogP contribution >= 0.6 is 11.5 Å². The van der Waals surface area contributed by atoms with Gasteiger partial charge in [-0.05, 0) is 30.9 Å². The number of carbonyl (C=O) groups is 2. The van der Waals surface area contributed by atoms with Crippen LogP contribution in [0.5, 0.6) is 5.88 Å². The summed E-state index contributed by atoms with van der Waals surface area (Å²) >= 11 is 0.955. The molecule has 0 spiro atoms. The van der Waals surface area contributed by atoms with Crippen LogP contribution in [0.1, 0.15) is 28.2 Å². The lowest BCUT2D eigenvalue weighted by Gasteiger charge is -2.13. The number of hydrogen-bond acceptors (Lipinski definition) is 9. The number of rotatable bonds is 7. The minimum atomic E-state index is -4.61. The molecule has 4 heterocycles. The zero-order chi connectivity index (χ0) is 25.9. The predicted molar refractivity (Wildman–Crippen MR) is 123 cm³/mol. The predicted octanol–water partition coefficient (Wildman–Crippen LogP) is 4.03. The van der Waals surface area contributed by atoms with Crippen molar-refractivity contribution in [2.45, 2.75) is 19.5 Å². The molecule has 1 saturated heterocycles. The smallest absolute Gasteiger partial charge is 0.434 e. The molecule has 1 aliphatic rings. The molecule has 0 aromatic carbocycles. The van der Waals surface area contributed by atoms with Crippen LogP contribution in [0, 0.1) is 12.8 Å². The molecular formula is C21H20F3N7O4S. The standard InChI is InChI=1S/C21H20F3N7O4S/c1-11-17(19(36-30-11)29-15-8-25-14(7-26-15)21(22,23)24)18(32)28-13-2-3-16(27-6-13)35-10-12-4-5-31(9-12)20(33)34/h2-3,6-8,12H,4-5,9-10H2,1H3,(H,26,29)(H,28,32)(H,33,34)/t12-/m0/s1. The van der Waals surface area contributed by atoms with Crippen molar-refractivity contribution in [3.8, 4) is 5.88 Å². The summed E-state index contributed by atoms with van der Waals surface area (Å²) in [4.78, 5) is 36.4. The molecule has 3 aromatic heterocycles. The number of aryl methyl sites for hydroxylation is 1. The number of anilines is 3. The van der Waals surface area contributed by atoms with Gasteiger partial charge in [0, 0.05) is 25.1 Å². The number of hydrogen-bond donors (Lipinski definition) is 3. The molecular weight excluding hydrogens is 503 g/mol. The molecule has 11 nitrogen and oxygen atoms in total. The third-order valence-corrected chi connectivity index (χ3v) is 6.15. The van der Waals surface area contributed by atoms with Gasteiger partial charge in [0.1, 0.15) is 10.8 Å². The van der Waals surface area contributed by atoms with Crippen molar-refractivity contribution in [2.75, 3.05) is 30.3 Å². The average molecular weight is 523 g/mol. The Morgan fingerprint density at radius 3 is 2.64 bits per heavy atom. The first-order valence-electron chi connectivity index (χ1n) is 10.6. The summed E-state index contributed by atoms with van der Waals surface area (Å²) in [5, 5.41) is 14.8. The summed E-state index contributed by atoms with van der Waals surface area (Å²) in [5.74, 6) is -0.0635. The SMILES string of the molecule is Cc1nsc(Nc2cnc(C(F)(F)F)cn2)c1C(=O)Nc1ccc(OC[C@H]2CCN(C(=O)O)C2)nc1. The van der Waals surface area contributed by atoms with Crippen LogP contribution in [0.15, 0.2) is 30.7 Å². The van der Waals surface area contributed by atoms with Crippen LogP contribution in [0.4, 0.5) is 34.5 Å². The molecule has 3 aromatic rings. The number of alkyl halides is 3. The van der Waals surface area contributed by atoms with E-state index < -0.39 is 23.9 Å². The number of nitrogens with zero attached hydrogens (tertiary/aromatic N) is 5. The average Bonchev–Trinajstić information content (AvgIpc) is 3.45. The first-order chi connectivity index (χ1) is 17.1. The van der Waals surface area contributed by atoms with Crippen LogP contribution in [0.3, 0.4) is 0 Å². The fraction of sp³-hybridized carbons (Fsp3) is 0.333. The van der Waals surface area contributed by atoms with Gasteiger partial charge in [0.05, 0.1) is 42.1 Å². The summed E-state index contributed by atoms with van der Waals surface area (Å²) in [7, 11) is 0. The summed E-state index contributed by atoms with van der Waals surface area (Å²) in [5.41, 5.74) is -0.126. The second-order valence-corrected chi connectivity index (χ2v) is 8.69. The zero-order valence-corrected chi connectivity index (χ0v) is 19.6. The molecule has 0 radical (unpaired) electrons. The Morgan fingerprint density at radius 1 is 1.22 bits per heavy atom. The second kappa shape index (κ2) is 10.3. The molecule has 2 amide bonds. The van der Waals surface area contributed by atoms with E-state index in [-0.39, 0.29) is 17.3 Å². The fourth-order valence-corrected chi connectivity index (χ4v) is 4.26. The van der Waals surface area contributed by atoms with E-state index in [1.165, 1.54) is 11.1 Å². The van der Waals surface area contributed by atoms with E-state index in [0.717, 1.165) is 17.7 Å². The van der Waals surface area contributed by atoms with E-state index >= 15 is 0 Å². The number of ether oxygens (including phenoxy) is 1. The maximum absolute atomic E-state index is 12.9. The molecule has 0 saturated carbocycles. The van der Waals surface area contributed by atoms with Gasteiger partial charge >= 0.3 is 12.3 Å². The molecule has 4 rings (SSSR count). The van der Waals surface area contributed by atoms with Gasteiger partial charge in [0.25, 0.3) is 5.91 Å². The summed E-state index contributed by atoms with van der Waals surface area (Å²) in [6.07, 6.45) is -1.91. The second-order valence-electron chi connectivity index (χ2n) is 7.92. The molecule has 1 fully saturated rings. The number of pyridine rings is 1. The topological polar surface area (TPSA) is 142 Å². The van der Waals surface area contributed by atoms with Gasteiger partial charge in [-0.15, -0.1) is 0 Å². The van der Waals surface area contributed by atoms with Gasteiger partial charge < -0.3 is 25.4 Å². The van der Waals surface area contributed by atoms with Crippen molar-refractivity contribution in [1.29, 1.82) is 0 Å². The third kappa shape index (κ3) is 5.97. The Labute approximate surface area is 206 Å². The Balaban J connectivity index is 1.35. The molecule has 0 aliphatic carbocycles. The highest BCUT2D eigenvalue weighted by Gasteiger charge is 2.33. The highest BCUT2D eigenvalue weighted by atomic mass is 32.1. The van der Waals surface area contributed by atoms with Crippen LogP contribution in [0.2, 0.25) is 0 Å². The van der Waals surface area contributed by atoms with Crippen LogP contribution in [0.25, 0.3) is 0 Å². The molecule has 0 bridgehead atoms. The number of nitrogens with one attached hydrogen (secondary N) is 2. The normalized spacial score (nSPS) is 15.6. The minimum absolute atomic E-state index is 0.0256. The molecule has 190 valence electrons. The highest BCUT2D eigenvalue weighted by Crippen LogP contribution is 2.30. The molecule has 1 aliphatic heterocycles. The van der Waals surface area contributed by atoms with Gasteiger partial charge in [-0.3, -0.25) is 4.79 Å². The fourth-order valence-electron chi connectivity index (χ4n) is 3.46. The lowest BCUT2D eigenvalue weighted by Crippen LogP contribution is -2.27. The number of carbonyl (C=O) groups excluding carboxylic acids is 1. The van der Waals surface area contributed by atoms with E-state index in [9.17, 15) is 22.8 Å². The summed E-state index contributed by atoms with van der Waals surface area (Å²) in [6, 6.07) is 3.18. The van der Waals surface area contributed by atoms with Crippen molar-refractivity contribution in [3.05, 3.63) is 47.7 Å². The quantitative estimate of drug-likeness (QED) is 0.418. The van der Waals surface area contributed by atoms with Crippen molar-refractivity contribution in [1.82, 2.24) is 24.2 Å². The van der Waals surface area contributed by atoms with Gasteiger partial charge in [-0.2, -0.15) is 17.5 Å². The Bertz CT molecular complexity index is 1240. The monoisotopic (exact) mass is 523 g/mol. The van der Waals surface area contributed by atoms with Gasteiger partial charge in [-0.1, -0.05) is 0 Å². The van der Waals surface area contributed by atoms with Crippen molar-refractivity contribution in [3.63, 3.8) is 0 Å². The number of aromatic nitrogens is 4. The number of halogens is 3. The summed E-state index contributed by atoms with van der Waals surface area (Å²) in [6.45, 7) is 2.83. The molecule has 36 heavy (non-hydrogen) atoms. The van der Waals surface area contributed by atoms with Crippen LogP contribution in [-0.4, -0.2) is 61.0 Å². The largest absolute Gasteiger partial charge is 0.477 e. The maximum atomic E-state index is 12.9. The Kier molecular flexibility index (Phi) is 7.19. The van der Waals surface area contributed by atoms with Crippen molar-refractivity contribution < 1.29 is 32.6 Å². The number of amides is 2. The van der Waals surface area contributed by atoms with Crippen LogP contribution < -0.4 is 15.4 Å². The van der Waals surface area contributed by atoms with Gasteiger partial charge in [-0.25, -0.2) is 19.7 Å². The Morgan fingerprint density at radius 2 is 2.03 bits per heavy atom. The van der Waals surface area contributed by atoms with E-state index in [1.807, 2.05) is 0 Å². The maximum Gasteiger partial charge on any atom is 0.434 e. The molecule has 0 unspecified atom stereocenters. The first-order valence-corrected chi connectivity index (χ1v) is 11.4. The van der Waals surface area contributed by atoms with Gasteiger partial charge in [0.15, 0.2) is 5.69 Å². The molecule has 15 heteroatoms. The minimum Gasteiger partial charge on any atom is -0.477 e. The zero-order valence-electron chi connectivity index (χ0n) is 18.7. The van der Waals surface area contributed by atoms with Crippen molar-refractivity contribution in [2.24, 2.45) is 5.92 Å².